The van der Waals surface area contributed by atoms with Gasteiger partial charge in [0.1, 0.15) is 12.3 Å². The lowest BCUT2D eigenvalue weighted by Gasteiger charge is -2.21. The van der Waals surface area contributed by atoms with Crippen molar-refractivity contribution in [1.82, 2.24) is 5.32 Å². The minimum atomic E-state index is -0.465. The fraction of sp³-hybridized carbons (Fsp3) is 0.125. The van der Waals surface area contributed by atoms with Crippen LogP contribution in [0.5, 0.6) is 5.75 Å². The van der Waals surface area contributed by atoms with Crippen molar-refractivity contribution >= 4 is 23.7 Å². The molecule has 0 fully saturated rings. The van der Waals surface area contributed by atoms with Crippen molar-refractivity contribution in [3.8, 4) is 5.75 Å². The zero-order valence-electron chi connectivity index (χ0n) is 11.8. The molecule has 0 amide bonds. The molecule has 3 rings (SSSR count). The normalized spacial score (nSPS) is 12.0. The molecule has 0 spiro atoms. The predicted molar refractivity (Wildman–Crippen MR) is 85.4 cm³/mol. The van der Waals surface area contributed by atoms with Gasteiger partial charge in [0.25, 0.3) is 0 Å². The molecule has 0 unspecified atom stereocenters. The lowest BCUT2D eigenvalue weighted by molar-refractivity contribution is -0.133. The van der Waals surface area contributed by atoms with Crippen molar-refractivity contribution in [3.63, 3.8) is 0 Å². The first-order chi connectivity index (χ1) is 10.6. The molecule has 0 saturated heterocycles. The van der Waals surface area contributed by atoms with E-state index >= 15 is 0 Å². The van der Waals surface area contributed by atoms with Crippen molar-refractivity contribution < 1.29 is 9.53 Å². The van der Waals surface area contributed by atoms with Gasteiger partial charge in [-0.1, -0.05) is 36.0 Å². The van der Waals surface area contributed by atoms with Crippen LogP contribution in [0.3, 0.4) is 0 Å². The molecule has 0 aliphatic carbocycles. The van der Waals surface area contributed by atoms with Gasteiger partial charge in [-0.05, 0) is 23.8 Å². The standard InChI is InChI=1S/C16H15N3O2S/c17-16(18)19-9-15(20)21-12-5-3-7-14-11(12)8-10-4-1-2-6-13(10)22-14/h1-7H,8-9H2,(H4,17,18,19). The maximum Gasteiger partial charge on any atom is 0.330 e. The molecule has 2 aromatic rings. The maximum absolute atomic E-state index is 11.8. The van der Waals surface area contributed by atoms with Crippen molar-refractivity contribution in [2.24, 2.45) is 5.73 Å². The summed E-state index contributed by atoms with van der Waals surface area (Å²) in [6, 6.07) is 13.9. The molecule has 22 heavy (non-hydrogen) atoms. The van der Waals surface area contributed by atoms with Gasteiger partial charge in [-0.15, -0.1) is 0 Å². The van der Waals surface area contributed by atoms with Crippen LogP contribution in [0.4, 0.5) is 0 Å². The Morgan fingerprint density at radius 3 is 2.82 bits per heavy atom. The molecule has 6 heteroatoms. The monoisotopic (exact) mass is 313 g/mol. The Morgan fingerprint density at radius 1 is 1.23 bits per heavy atom. The Morgan fingerprint density at radius 2 is 2.00 bits per heavy atom. The van der Waals surface area contributed by atoms with Crippen LogP contribution in [0.25, 0.3) is 0 Å². The van der Waals surface area contributed by atoms with Crippen LogP contribution < -0.4 is 15.8 Å². The number of fused-ring (bicyclic) bond motifs is 2. The van der Waals surface area contributed by atoms with E-state index < -0.39 is 5.97 Å². The number of carbonyl (C=O) groups excluding carboxylic acids is 1. The van der Waals surface area contributed by atoms with E-state index in [1.165, 1.54) is 10.5 Å². The smallest absolute Gasteiger partial charge is 0.330 e. The summed E-state index contributed by atoms with van der Waals surface area (Å²) >= 11 is 1.68. The zero-order valence-corrected chi connectivity index (χ0v) is 12.6. The van der Waals surface area contributed by atoms with Gasteiger partial charge in [0, 0.05) is 21.8 Å². The number of nitrogens with two attached hydrogens (primary N) is 1. The Hall–Kier alpha value is -2.47. The summed E-state index contributed by atoms with van der Waals surface area (Å²) in [4.78, 5) is 14.1. The third-order valence-electron chi connectivity index (χ3n) is 3.30. The second-order valence-corrected chi connectivity index (χ2v) is 5.94. The Balaban J connectivity index is 1.81. The van der Waals surface area contributed by atoms with Crippen molar-refractivity contribution in [2.75, 3.05) is 6.54 Å². The number of hydrogen-bond donors (Lipinski definition) is 3. The second-order valence-electron chi connectivity index (χ2n) is 4.86. The van der Waals surface area contributed by atoms with Crippen LogP contribution in [-0.2, 0) is 11.2 Å². The quantitative estimate of drug-likeness (QED) is 0.298. The van der Waals surface area contributed by atoms with Crippen LogP contribution in [-0.4, -0.2) is 18.5 Å². The number of hydrogen-bond acceptors (Lipinski definition) is 4. The van der Waals surface area contributed by atoms with Crippen molar-refractivity contribution in [1.29, 1.82) is 5.41 Å². The number of esters is 1. The first kappa shape index (κ1) is 14.5. The predicted octanol–water partition coefficient (Wildman–Crippen LogP) is 2.13. The van der Waals surface area contributed by atoms with Crippen LogP contribution in [0.15, 0.2) is 52.3 Å². The van der Waals surface area contributed by atoms with E-state index in [9.17, 15) is 4.79 Å². The Labute approximate surface area is 132 Å². The highest BCUT2D eigenvalue weighted by molar-refractivity contribution is 7.99. The van der Waals surface area contributed by atoms with Gasteiger partial charge in [0.05, 0.1) is 0 Å². The Bertz CT molecular complexity index is 746. The van der Waals surface area contributed by atoms with Crippen molar-refractivity contribution in [3.05, 3.63) is 53.6 Å². The summed E-state index contributed by atoms with van der Waals surface area (Å²) < 4.78 is 5.41. The molecule has 2 aromatic carbocycles. The van der Waals surface area contributed by atoms with Gasteiger partial charge < -0.3 is 15.8 Å². The van der Waals surface area contributed by atoms with E-state index in [-0.39, 0.29) is 12.5 Å². The van der Waals surface area contributed by atoms with Gasteiger partial charge in [-0.3, -0.25) is 5.41 Å². The summed E-state index contributed by atoms with van der Waals surface area (Å²) in [5.41, 5.74) is 7.40. The van der Waals surface area contributed by atoms with Crippen molar-refractivity contribution in [2.45, 2.75) is 16.2 Å². The molecule has 1 aliphatic rings. The fourth-order valence-corrected chi connectivity index (χ4v) is 3.39. The minimum absolute atomic E-state index is 0.122. The Kier molecular flexibility index (Phi) is 4.02. The van der Waals surface area contributed by atoms with Gasteiger partial charge in [0.15, 0.2) is 5.96 Å². The summed E-state index contributed by atoms with van der Waals surface area (Å²) in [6.07, 6.45) is 0.738. The highest BCUT2D eigenvalue weighted by Crippen LogP contribution is 2.42. The number of carbonyl (C=O) groups is 1. The van der Waals surface area contributed by atoms with Crippen LogP contribution in [0.2, 0.25) is 0 Å². The molecular formula is C16H15N3O2S. The van der Waals surface area contributed by atoms with E-state index in [4.69, 9.17) is 15.9 Å². The molecule has 5 nitrogen and oxygen atoms in total. The minimum Gasteiger partial charge on any atom is -0.425 e. The third kappa shape index (κ3) is 3.07. The summed E-state index contributed by atoms with van der Waals surface area (Å²) in [5.74, 6) is -0.154. The summed E-state index contributed by atoms with van der Waals surface area (Å²) in [5, 5.41) is 9.50. The first-order valence-electron chi connectivity index (χ1n) is 6.79. The number of rotatable bonds is 3. The molecule has 4 N–H and O–H groups in total. The fourth-order valence-electron chi connectivity index (χ4n) is 2.30. The number of guanidine groups is 1. The lowest BCUT2D eigenvalue weighted by Crippen LogP contribution is -2.36. The van der Waals surface area contributed by atoms with Crippen LogP contribution >= 0.6 is 11.8 Å². The highest BCUT2D eigenvalue weighted by Gasteiger charge is 2.20. The number of benzene rings is 2. The number of ether oxygens (including phenoxy) is 1. The van der Waals surface area contributed by atoms with E-state index in [0.29, 0.717) is 5.75 Å². The van der Waals surface area contributed by atoms with E-state index in [1.807, 2.05) is 24.3 Å². The molecule has 1 heterocycles. The first-order valence-corrected chi connectivity index (χ1v) is 7.61. The average Bonchev–Trinajstić information content (AvgIpc) is 2.51. The summed E-state index contributed by atoms with van der Waals surface area (Å²) in [7, 11) is 0. The lowest BCUT2D eigenvalue weighted by atomic mass is 10.0. The average molecular weight is 313 g/mol. The van der Waals surface area contributed by atoms with E-state index in [1.54, 1.807) is 17.8 Å². The van der Waals surface area contributed by atoms with Crippen LogP contribution in [0.1, 0.15) is 11.1 Å². The molecule has 0 aromatic heterocycles. The highest BCUT2D eigenvalue weighted by atomic mass is 32.2. The molecular weight excluding hydrogens is 298 g/mol. The summed E-state index contributed by atoms with van der Waals surface area (Å²) in [6.45, 7) is -0.122. The van der Waals surface area contributed by atoms with E-state index in [2.05, 4.69) is 17.4 Å². The number of nitrogens with one attached hydrogen (secondary N) is 2. The molecule has 0 atom stereocenters. The van der Waals surface area contributed by atoms with Gasteiger partial charge >= 0.3 is 5.97 Å². The zero-order chi connectivity index (χ0) is 15.5. The van der Waals surface area contributed by atoms with Gasteiger partial charge in [-0.2, -0.15) is 0 Å². The van der Waals surface area contributed by atoms with Gasteiger partial charge in [0.2, 0.25) is 0 Å². The maximum atomic E-state index is 11.8. The topological polar surface area (TPSA) is 88.2 Å². The van der Waals surface area contributed by atoms with Gasteiger partial charge in [-0.25, -0.2) is 4.79 Å². The molecule has 112 valence electrons. The molecule has 0 bridgehead atoms. The largest absolute Gasteiger partial charge is 0.425 e. The second kappa shape index (κ2) is 6.11. The molecule has 1 aliphatic heterocycles. The molecule has 0 saturated carbocycles. The van der Waals surface area contributed by atoms with Crippen LogP contribution in [0, 0.1) is 5.41 Å². The SMILES string of the molecule is N=C(N)NCC(=O)Oc1cccc2c1Cc1ccccc1S2. The molecule has 0 radical (unpaired) electrons. The van der Waals surface area contributed by atoms with E-state index in [0.717, 1.165) is 16.9 Å². The third-order valence-corrected chi connectivity index (χ3v) is 4.52.